The van der Waals surface area contributed by atoms with Crippen LogP contribution >= 0.6 is 0 Å². The highest BCUT2D eigenvalue weighted by atomic mass is 19.4. The fourth-order valence-electron chi connectivity index (χ4n) is 2.57. The van der Waals surface area contributed by atoms with Gasteiger partial charge in [-0.25, -0.2) is 4.79 Å². The fraction of sp³-hybridized carbons (Fsp3) is 0.350. The number of benzene rings is 2. The van der Waals surface area contributed by atoms with Crippen LogP contribution in [0.3, 0.4) is 0 Å². The van der Waals surface area contributed by atoms with Crippen molar-refractivity contribution in [1.29, 1.82) is 0 Å². The number of aryl methyl sites for hydroxylation is 1. The summed E-state index contributed by atoms with van der Waals surface area (Å²) in [6.07, 6.45) is -4.78. The molecule has 8 heteroatoms. The molecule has 5 nitrogen and oxygen atoms in total. The van der Waals surface area contributed by atoms with Gasteiger partial charge in [0.2, 0.25) is 0 Å². The first kappa shape index (κ1) is 20.0. The van der Waals surface area contributed by atoms with E-state index in [2.05, 4.69) is 11.7 Å². The van der Waals surface area contributed by atoms with Crippen LogP contribution in [0.4, 0.5) is 13.2 Å². The molecule has 0 unspecified atom stereocenters. The Kier molecular flexibility index (Phi) is 5.51. The van der Waals surface area contributed by atoms with Gasteiger partial charge in [0.05, 0.1) is 25.4 Å². The zero-order valence-corrected chi connectivity index (χ0v) is 15.3. The molecule has 150 valence electrons. The number of carbonyl (C=O) groups is 1. The molecule has 1 aliphatic rings. The molecule has 0 radical (unpaired) electrons. The molecule has 0 bridgehead atoms. The van der Waals surface area contributed by atoms with Crippen LogP contribution in [-0.4, -0.2) is 32.2 Å². The van der Waals surface area contributed by atoms with E-state index in [9.17, 15) is 18.0 Å². The predicted molar refractivity (Wildman–Crippen MR) is 93.7 cm³/mol. The van der Waals surface area contributed by atoms with E-state index in [-0.39, 0.29) is 22.5 Å². The first-order chi connectivity index (χ1) is 13.1. The van der Waals surface area contributed by atoms with E-state index >= 15 is 0 Å². The molecule has 0 atom stereocenters. The van der Waals surface area contributed by atoms with Crippen LogP contribution in [-0.2, 0) is 4.74 Å². The molecule has 2 aromatic carbocycles. The molecule has 1 saturated heterocycles. The average Bonchev–Trinajstić information content (AvgIpc) is 2.60. The number of hydrogen-bond acceptors (Lipinski definition) is 5. The topological polar surface area (TPSA) is 54.0 Å². The second-order valence-electron chi connectivity index (χ2n) is 6.98. The first-order valence-corrected chi connectivity index (χ1v) is 8.53. The Labute approximate surface area is 160 Å². The van der Waals surface area contributed by atoms with Crippen molar-refractivity contribution < 1.29 is 36.9 Å². The average molecular weight is 396 g/mol. The Balaban J connectivity index is 1.59. The van der Waals surface area contributed by atoms with E-state index in [1.54, 1.807) is 24.3 Å². The minimum atomic E-state index is -4.78. The van der Waals surface area contributed by atoms with Crippen molar-refractivity contribution in [1.82, 2.24) is 0 Å². The van der Waals surface area contributed by atoms with Gasteiger partial charge in [-0.3, -0.25) is 0 Å². The van der Waals surface area contributed by atoms with E-state index in [1.165, 1.54) is 19.1 Å². The Bertz CT molecular complexity index is 842. The molecular weight excluding hydrogens is 377 g/mol. The molecule has 0 saturated carbocycles. The van der Waals surface area contributed by atoms with Crippen LogP contribution in [0, 0.1) is 12.3 Å². The lowest BCUT2D eigenvalue weighted by molar-refractivity contribution is -0.274. The highest BCUT2D eigenvalue weighted by Gasteiger charge is 2.34. The summed E-state index contributed by atoms with van der Waals surface area (Å²) in [5.74, 6) is -0.237. The lowest BCUT2D eigenvalue weighted by Crippen LogP contribution is -2.44. The van der Waals surface area contributed by atoms with Crippen LogP contribution in [0.1, 0.15) is 22.8 Å². The van der Waals surface area contributed by atoms with Gasteiger partial charge in [-0.1, -0.05) is 6.92 Å². The van der Waals surface area contributed by atoms with E-state index < -0.39 is 12.3 Å². The minimum Gasteiger partial charge on any atom is -0.493 e. The number of esters is 1. The van der Waals surface area contributed by atoms with Gasteiger partial charge in [-0.2, -0.15) is 0 Å². The van der Waals surface area contributed by atoms with Crippen molar-refractivity contribution in [3.05, 3.63) is 53.6 Å². The normalized spacial score (nSPS) is 15.5. The number of hydrogen-bond donors (Lipinski definition) is 0. The lowest BCUT2D eigenvalue weighted by Gasteiger charge is -2.37. The molecule has 0 aromatic heterocycles. The third-order valence-electron chi connectivity index (χ3n) is 4.16. The molecule has 0 N–H and O–H groups in total. The largest absolute Gasteiger partial charge is 0.573 e. The maximum absolute atomic E-state index is 12.3. The molecule has 0 spiro atoms. The van der Waals surface area contributed by atoms with Crippen molar-refractivity contribution in [2.45, 2.75) is 20.2 Å². The van der Waals surface area contributed by atoms with E-state index in [0.717, 1.165) is 6.07 Å². The van der Waals surface area contributed by atoms with Crippen molar-refractivity contribution in [2.24, 2.45) is 5.41 Å². The third kappa shape index (κ3) is 5.16. The number of alkyl halides is 3. The highest BCUT2D eigenvalue weighted by Crippen LogP contribution is 2.30. The van der Waals surface area contributed by atoms with Gasteiger partial charge in [0.15, 0.2) is 0 Å². The van der Waals surface area contributed by atoms with Gasteiger partial charge in [-0.05, 0) is 55.0 Å². The first-order valence-electron chi connectivity index (χ1n) is 8.53. The summed E-state index contributed by atoms with van der Waals surface area (Å²) < 4.78 is 56.9. The minimum absolute atomic E-state index is 0.0114. The lowest BCUT2D eigenvalue weighted by atomic mass is 9.90. The number of ether oxygens (including phenoxy) is 4. The zero-order valence-electron chi connectivity index (χ0n) is 15.3. The van der Waals surface area contributed by atoms with Crippen LogP contribution in [0.5, 0.6) is 17.2 Å². The number of rotatable bonds is 6. The van der Waals surface area contributed by atoms with E-state index in [4.69, 9.17) is 14.2 Å². The van der Waals surface area contributed by atoms with Crippen LogP contribution in [0.2, 0.25) is 0 Å². The third-order valence-corrected chi connectivity index (χ3v) is 4.16. The SMILES string of the molecule is Cc1cc(OC(=O)c2ccc(OCC3(C)COC3)cc2)ccc1OC(F)(F)F. The predicted octanol–water partition coefficient (Wildman–Crippen LogP) is 4.53. The van der Waals surface area contributed by atoms with Crippen molar-refractivity contribution in [3.8, 4) is 17.2 Å². The Hall–Kier alpha value is -2.74. The quantitative estimate of drug-likeness (QED) is 0.531. The summed E-state index contributed by atoms with van der Waals surface area (Å²) in [4.78, 5) is 12.2. The summed E-state index contributed by atoms with van der Waals surface area (Å²) in [6.45, 7) is 5.32. The summed E-state index contributed by atoms with van der Waals surface area (Å²) in [5.41, 5.74) is 0.496. The molecule has 3 rings (SSSR count). The molecule has 1 aliphatic heterocycles. The van der Waals surface area contributed by atoms with Crippen molar-refractivity contribution in [2.75, 3.05) is 19.8 Å². The van der Waals surface area contributed by atoms with Crippen LogP contribution in [0.25, 0.3) is 0 Å². The van der Waals surface area contributed by atoms with Crippen LogP contribution in [0.15, 0.2) is 42.5 Å². The number of halogens is 3. The maximum atomic E-state index is 12.3. The molecule has 0 amide bonds. The standard InChI is InChI=1S/C20H19F3O5/c1-13-9-16(7-8-17(13)28-20(21,22)23)27-18(24)14-3-5-15(6-4-14)26-12-19(2)10-25-11-19/h3-9H,10-12H2,1-2H3. The molecule has 1 fully saturated rings. The summed E-state index contributed by atoms with van der Waals surface area (Å²) in [5, 5.41) is 0. The van der Waals surface area contributed by atoms with Gasteiger partial charge in [0, 0.05) is 5.41 Å². The molecule has 28 heavy (non-hydrogen) atoms. The van der Waals surface area contributed by atoms with E-state index in [0.29, 0.717) is 31.1 Å². The van der Waals surface area contributed by atoms with Crippen molar-refractivity contribution >= 4 is 5.97 Å². The van der Waals surface area contributed by atoms with E-state index in [1.807, 2.05) is 0 Å². The molecule has 1 heterocycles. The van der Waals surface area contributed by atoms with Gasteiger partial charge in [-0.15, -0.1) is 13.2 Å². The summed E-state index contributed by atoms with van der Waals surface area (Å²) >= 11 is 0. The van der Waals surface area contributed by atoms with Gasteiger partial charge >= 0.3 is 12.3 Å². The molecular formula is C20H19F3O5. The van der Waals surface area contributed by atoms with Gasteiger partial charge in [0.1, 0.15) is 17.2 Å². The second kappa shape index (κ2) is 7.71. The molecule has 2 aromatic rings. The Morgan fingerprint density at radius 2 is 1.75 bits per heavy atom. The fourth-order valence-corrected chi connectivity index (χ4v) is 2.57. The smallest absolute Gasteiger partial charge is 0.493 e. The summed E-state index contributed by atoms with van der Waals surface area (Å²) in [7, 11) is 0. The molecule has 0 aliphatic carbocycles. The number of carbonyl (C=O) groups excluding carboxylic acids is 1. The van der Waals surface area contributed by atoms with Crippen molar-refractivity contribution in [3.63, 3.8) is 0 Å². The van der Waals surface area contributed by atoms with Gasteiger partial charge in [0.25, 0.3) is 0 Å². The maximum Gasteiger partial charge on any atom is 0.573 e. The Morgan fingerprint density at radius 3 is 2.29 bits per heavy atom. The highest BCUT2D eigenvalue weighted by molar-refractivity contribution is 5.91. The monoisotopic (exact) mass is 396 g/mol. The summed E-state index contributed by atoms with van der Waals surface area (Å²) in [6, 6.07) is 10.1. The Morgan fingerprint density at radius 1 is 1.11 bits per heavy atom. The van der Waals surface area contributed by atoms with Crippen LogP contribution < -0.4 is 14.2 Å². The zero-order chi connectivity index (χ0) is 20.4. The second-order valence-corrected chi connectivity index (χ2v) is 6.98. The van der Waals surface area contributed by atoms with Gasteiger partial charge < -0.3 is 18.9 Å².